The minimum atomic E-state index is -0.0455. The van der Waals surface area contributed by atoms with Crippen LogP contribution < -0.4 is 4.74 Å². The van der Waals surface area contributed by atoms with Gasteiger partial charge in [-0.25, -0.2) is 0 Å². The summed E-state index contributed by atoms with van der Waals surface area (Å²) in [6, 6.07) is 7.80. The molecule has 0 aliphatic rings. The van der Waals surface area contributed by atoms with Crippen LogP contribution in [0.5, 0.6) is 5.75 Å². The Hall–Kier alpha value is -1.85. The smallest absolute Gasteiger partial charge is 0.118 e. The minimum Gasteiger partial charge on any atom is -0.497 e. The van der Waals surface area contributed by atoms with Crippen molar-refractivity contribution >= 4 is 0 Å². The first-order valence-electron chi connectivity index (χ1n) is 7.55. The zero-order valence-corrected chi connectivity index (χ0v) is 13.8. The number of hydrogen-bond donors (Lipinski definition) is 1. The molecular formula is C17H25N3O2. The molecule has 0 amide bonds. The lowest BCUT2D eigenvalue weighted by Gasteiger charge is -2.27. The van der Waals surface area contributed by atoms with Crippen molar-refractivity contribution in [1.29, 1.82) is 0 Å². The second-order valence-corrected chi connectivity index (χ2v) is 5.51. The van der Waals surface area contributed by atoms with E-state index in [-0.39, 0.29) is 12.6 Å². The van der Waals surface area contributed by atoms with Crippen LogP contribution in [-0.4, -0.2) is 40.6 Å². The standard InChI is InChI=1S/C17H25N3O2/c1-5-16-14(11-20(3)18-16)10-19(2)17(12-21)13-6-8-15(22-4)9-7-13/h6-9,11,17,21H,5,10,12H2,1-4H3. The van der Waals surface area contributed by atoms with Crippen molar-refractivity contribution in [3.8, 4) is 5.75 Å². The molecule has 0 saturated carbocycles. The highest BCUT2D eigenvalue weighted by Crippen LogP contribution is 2.24. The Labute approximate surface area is 132 Å². The highest BCUT2D eigenvalue weighted by molar-refractivity contribution is 5.29. The van der Waals surface area contributed by atoms with Crippen molar-refractivity contribution in [2.75, 3.05) is 20.8 Å². The van der Waals surface area contributed by atoms with Crippen molar-refractivity contribution in [3.05, 3.63) is 47.3 Å². The van der Waals surface area contributed by atoms with Crippen molar-refractivity contribution in [1.82, 2.24) is 14.7 Å². The van der Waals surface area contributed by atoms with Crippen LogP contribution in [0.1, 0.15) is 29.8 Å². The molecule has 0 fully saturated rings. The van der Waals surface area contributed by atoms with Crippen LogP contribution in [0.2, 0.25) is 0 Å². The SMILES string of the molecule is CCc1nn(C)cc1CN(C)C(CO)c1ccc(OC)cc1. The van der Waals surface area contributed by atoms with E-state index in [9.17, 15) is 5.11 Å². The third kappa shape index (κ3) is 3.67. The van der Waals surface area contributed by atoms with Gasteiger partial charge >= 0.3 is 0 Å². The summed E-state index contributed by atoms with van der Waals surface area (Å²) >= 11 is 0. The van der Waals surface area contributed by atoms with Crippen molar-refractivity contribution in [2.24, 2.45) is 7.05 Å². The summed E-state index contributed by atoms with van der Waals surface area (Å²) in [7, 11) is 5.62. The summed E-state index contributed by atoms with van der Waals surface area (Å²) in [6.07, 6.45) is 2.97. The number of aromatic nitrogens is 2. The van der Waals surface area contributed by atoms with E-state index in [1.54, 1.807) is 7.11 Å². The summed E-state index contributed by atoms with van der Waals surface area (Å²) in [5, 5.41) is 14.3. The Morgan fingerprint density at radius 3 is 2.55 bits per heavy atom. The zero-order valence-electron chi connectivity index (χ0n) is 13.8. The minimum absolute atomic E-state index is 0.0455. The third-order valence-corrected chi connectivity index (χ3v) is 3.95. The molecule has 2 rings (SSSR count). The Bertz CT molecular complexity index is 592. The van der Waals surface area contributed by atoms with Crippen molar-refractivity contribution in [3.63, 3.8) is 0 Å². The predicted molar refractivity (Wildman–Crippen MR) is 86.9 cm³/mol. The molecule has 120 valence electrons. The van der Waals surface area contributed by atoms with E-state index in [1.807, 2.05) is 43.0 Å². The molecule has 1 unspecified atom stereocenters. The Morgan fingerprint density at radius 2 is 2.00 bits per heavy atom. The van der Waals surface area contributed by atoms with E-state index in [0.29, 0.717) is 0 Å². The van der Waals surface area contributed by atoms with Gasteiger partial charge in [-0.15, -0.1) is 0 Å². The first kappa shape index (κ1) is 16.5. The molecule has 0 aliphatic heterocycles. The van der Waals surface area contributed by atoms with E-state index < -0.39 is 0 Å². The number of aliphatic hydroxyl groups excluding tert-OH is 1. The maximum absolute atomic E-state index is 9.79. The lowest BCUT2D eigenvalue weighted by Crippen LogP contribution is -2.27. The normalized spacial score (nSPS) is 12.6. The Kier molecular flexibility index (Phi) is 5.57. The summed E-state index contributed by atoms with van der Waals surface area (Å²) in [6.45, 7) is 2.94. The van der Waals surface area contributed by atoms with E-state index in [1.165, 1.54) is 5.56 Å². The van der Waals surface area contributed by atoms with Gasteiger partial charge in [-0.1, -0.05) is 19.1 Å². The second kappa shape index (κ2) is 7.42. The number of hydrogen-bond acceptors (Lipinski definition) is 4. The summed E-state index contributed by atoms with van der Waals surface area (Å²) < 4.78 is 7.04. The van der Waals surface area contributed by atoms with Crippen molar-refractivity contribution < 1.29 is 9.84 Å². The van der Waals surface area contributed by atoms with E-state index >= 15 is 0 Å². The molecular weight excluding hydrogens is 278 g/mol. The van der Waals surface area contributed by atoms with Gasteiger partial charge in [0.2, 0.25) is 0 Å². The Morgan fingerprint density at radius 1 is 1.32 bits per heavy atom. The maximum atomic E-state index is 9.79. The average molecular weight is 303 g/mol. The fraction of sp³-hybridized carbons (Fsp3) is 0.471. The summed E-state index contributed by atoms with van der Waals surface area (Å²) in [4.78, 5) is 2.15. The number of nitrogens with zero attached hydrogens (tertiary/aromatic N) is 3. The van der Waals surface area contributed by atoms with E-state index in [2.05, 4.69) is 23.1 Å². The average Bonchev–Trinajstić information content (AvgIpc) is 2.88. The number of methoxy groups -OCH3 is 1. The summed E-state index contributed by atoms with van der Waals surface area (Å²) in [5.74, 6) is 0.823. The number of aryl methyl sites for hydroxylation is 2. The van der Waals surface area contributed by atoms with Gasteiger partial charge in [0.1, 0.15) is 5.75 Å². The number of likely N-dealkylation sites (N-methyl/N-ethyl adjacent to an activating group) is 1. The van der Waals surface area contributed by atoms with Gasteiger partial charge in [-0.3, -0.25) is 9.58 Å². The number of benzene rings is 1. The van der Waals surface area contributed by atoms with Crippen LogP contribution in [0.3, 0.4) is 0 Å². The number of aliphatic hydroxyl groups is 1. The van der Waals surface area contributed by atoms with Gasteiger partial charge in [0, 0.05) is 25.4 Å². The lowest BCUT2D eigenvalue weighted by atomic mass is 10.1. The first-order chi connectivity index (χ1) is 10.6. The van der Waals surface area contributed by atoms with Gasteiger partial charge in [0.25, 0.3) is 0 Å². The molecule has 2 aromatic rings. The largest absolute Gasteiger partial charge is 0.497 e. The van der Waals surface area contributed by atoms with Gasteiger partial charge in [-0.05, 0) is 31.2 Å². The molecule has 0 saturated heterocycles. The van der Waals surface area contributed by atoms with Crippen LogP contribution in [0.25, 0.3) is 0 Å². The molecule has 5 heteroatoms. The molecule has 1 aromatic carbocycles. The van der Waals surface area contributed by atoms with Crippen LogP contribution in [0.15, 0.2) is 30.5 Å². The lowest BCUT2D eigenvalue weighted by molar-refractivity contribution is 0.142. The molecule has 22 heavy (non-hydrogen) atoms. The molecule has 1 N–H and O–H groups in total. The third-order valence-electron chi connectivity index (χ3n) is 3.95. The van der Waals surface area contributed by atoms with Gasteiger partial charge in [-0.2, -0.15) is 5.10 Å². The predicted octanol–water partition coefficient (Wildman–Crippen LogP) is 2.16. The highest BCUT2D eigenvalue weighted by Gasteiger charge is 2.18. The topological polar surface area (TPSA) is 50.5 Å². The monoisotopic (exact) mass is 303 g/mol. The molecule has 1 aromatic heterocycles. The maximum Gasteiger partial charge on any atom is 0.118 e. The van der Waals surface area contributed by atoms with E-state index in [0.717, 1.165) is 30.0 Å². The highest BCUT2D eigenvalue weighted by atomic mass is 16.5. The molecule has 0 bridgehead atoms. The van der Waals surface area contributed by atoms with Crippen LogP contribution in [-0.2, 0) is 20.0 Å². The van der Waals surface area contributed by atoms with Crippen molar-refractivity contribution in [2.45, 2.75) is 25.9 Å². The first-order valence-corrected chi connectivity index (χ1v) is 7.55. The van der Waals surface area contributed by atoms with Gasteiger partial charge < -0.3 is 9.84 Å². The molecule has 1 atom stereocenters. The van der Waals surface area contributed by atoms with Crippen LogP contribution in [0, 0.1) is 0 Å². The van der Waals surface area contributed by atoms with Crippen LogP contribution >= 0.6 is 0 Å². The molecule has 0 radical (unpaired) electrons. The van der Waals surface area contributed by atoms with E-state index in [4.69, 9.17) is 4.74 Å². The van der Waals surface area contributed by atoms with Gasteiger partial charge in [0.05, 0.1) is 25.5 Å². The number of rotatable bonds is 7. The molecule has 1 heterocycles. The molecule has 0 aliphatic carbocycles. The summed E-state index contributed by atoms with van der Waals surface area (Å²) in [5.41, 5.74) is 3.40. The molecule has 5 nitrogen and oxygen atoms in total. The molecule has 0 spiro atoms. The quantitative estimate of drug-likeness (QED) is 0.851. The fourth-order valence-electron chi connectivity index (χ4n) is 2.72. The van der Waals surface area contributed by atoms with Crippen LogP contribution in [0.4, 0.5) is 0 Å². The number of ether oxygens (including phenoxy) is 1. The van der Waals surface area contributed by atoms with Gasteiger partial charge in [0.15, 0.2) is 0 Å². The second-order valence-electron chi connectivity index (χ2n) is 5.51. The zero-order chi connectivity index (χ0) is 16.1. The fourth-order valence-corrected chi connectivity index (χ4v) is 2.72. The Balaban J connectivity index is 2.15.